The number of carbonyl (C=O) groups excluding carboxylic acids is 2. The predicted molar refractivity (Wildman–Crippen MR) is 129 cm³/mol. The van der Waals surface area contributed by atoms with E-state index in [9.17, 15) is 40.7 Å². The van der Waals surface area contributed by atoms with Crippen molar-refractivity contribution in [2.45, 2.75) is 73.8 Å². The summed E-state index contributed by atoms with van der Waals surface area (Å²) in [5, 5.41) is 13.4. The lowest BCUT2D eigenvalue weighted by atomic mass is 9.96. The second-order valence-electron chi connectivity index (χ2n) is 9.95. The Hall–Kier alpha value is -2.99. The van der Waals surface area contributed by atoms with Crippen LogP contribution in [0.5, 0.6) is 0 Å². The monoisotopic (exact) mass is 556 g/mol. The smallest absolute Gasteiger partial charge is 0.387 e. The molecule has 2 aliphatic rings. The highest BCUT2D eigenvalue weighted by Gasteiger charge is 2.51. The summed E-state index contributed by atoms with van der Waals surface area (Å²) in [6.07, 6.45) is -2.06. The molecule has 2 amide bonds. The molecule has 1 saturated heterocycles. The average molecular weight is 557 g/mol. The molecule has 3 atom stereocenters. The first kappa shape index (κ1) is 28.0. The molecule has 2 aromatic carbocycles. The predicted octanol–water partition coefficient (Wildman–Crippen LogP) is 4.01. The number of amides is 2. The van der Waals surface area contributed by atoms with Crippen molar-refractivity contribution in [3.8, 4) is 0 Å². The summed E-state index contributed by atoms with van der Waals surface area (Å²) in [6.45, 7) is 1.84. The first-order valence-electron chi connectivity index (χ1n) is 12.2. The number of carbonyl (C=O) groups is 2. The standard InChI is InChI=1S/C26H28F4N2O5S/c1-3-17-8-10-21(32(17)24(34)15-5-4-6-18(13-15)38(2,36)37)23(33)31-22(25(35)11-12-25)19-9-7-16(14-20(19)27)26(28,29)30/h4-7,9,13-14,17,21-22,35H,3,8,10-12H2,1-2H3,(H,31,33)/t17-,21-,22?/m1/s1. The first-order valence-corrected chi connectivity index (χ1v) is 14.1. The highest BCUT2D eigenvalue weighted by Crippen LogP contribution is 2.47. The molecular formula is C26H28F4N2O5S. The van der Waals surface area contributed by atoms with Crippen molar-refractivity contribution >= 4 is 21.7 Å². The fraction of sp³-hybridized carbons (Fsp3) is 0.462. The Morgan fingerprint density at radius 2 is 1.84 bits per heavy atom. The molecule has 1 aliphatic heterocycles. The van der Waals surface area contributed by atoms with Crippen molar-refractivity contribution in [1.29, 1.82) is 0 Å². The number of hydrogen-bond donors (Lipinski definition) is 2. The van der Waals surface area contributed by atoms with E-state index in [0.29, 0.717) is 25.0 Å². The third-order valence-electron chi connectivity index (χ3n) is 7.25. The van der Waals surface area contributed by atoms with E-state index in [1.807, 2.05) is 6.92 Å². The molecule has 4 rings (SSSR count). The van der Waals surface area contributed by atoms with Crippen LogP contribution < -0.4 is 5.32 Å². The minimum absolute atomic E-state index is 0.0506. The number of nitrogens with zero attached hydrogens (tertiary/aromatic N) is 1. The number of aliphatic hydroxyl groups is 1. The lowest BCUT2D eigenvalue weighted by molar-refractivity contribution is -0.137. The molecule has 12 heteroatoms. The summed E-state index contributed by atoms with van der Waals surface area (Å²) in [5.41, 5.74) is -2.92. The Balaban J connectivity index is 1.63. The number of nitrogens with one attached hydrogen (secondary N) is 1. The topological polar surface area (TPSA) is 104 Å². The van der Waals surface area contributed by atoms with E-state index < -0.39 is 56.9 Å². The molecule has 1 heterocycles. The van der Waals surface area contributed by atoms with Crippen LogP contribution in [0.25, 0.3) is 0 Å². The van der Waals surface area contributed by atoms with Gasteiger partial charge >= 0.3 is 6.18 Å². The van der Waals surface area contributed by atoms with Gasteiger partial charge in [0.25, 0.3) is 5.91 Å². The van der Waals surface area contributed by atoms with E-state index in [2.05, 4.69) is 5.32 Å². The maximum atomic E-state index is 14.8. The van der Waals surface area contributed by atoms with Gasteiger partial charge in [-0.25, -0.2) is 12.8 Å². The summed E-state index contributed by atoms with van der Waals surface area (Å²) in [4.78, 5) is 28.3. The average Bonchev–Trinajstić information content (AvgIpc) is 3.44. The number of sulfone groups is 1. The zero-order valence-electron chi connectivity index (χ0n) is 20.8. The lowest BCUT2D eigenvalue weighted by Crippen LogP contribution is -2.51. The molecule has 2 fully saturated rings. The van der Waals surface area contributed by atoms with Crippen LogP contribution >= 0.6 is 0 Å². The lowest BCUT2D eigenvalue weighted by Gasteiger charge is -2.32. The van der Waals surface area contributed by atoms with Gasteiger partial charge in [-0.05, 0) is 62.4 Å². The summed E-state index contributed by atoms with van der Waals surface area (Å²) in [7, 11) is -3.59. The molecule has 38 heavy (non-hydrogen) atoms. The third kappa shape index (κ3) is 5.56. The molecular weight excluding hydrogens is 528 g/mol. The number of hydrogen-bond acceptors (Lipinski definition) is 5. The summed E-state index contributed by atoms with van der Waals surface area (Å²) >= 11 is 0. The number of alkyl halides is 3. The number of likely N-dealkylation sites (tertiary alicyclic amines) is 1. The van der Waals surface area contributed by atoms with Gasteiger partial charge in [-0.1, -0.05) is 19.1 Å². The normalized spacial score (nSPS) is 21.7. The Morgan fingerprint density at radius 1 is 1.16 bits per heavy atom. The maximum Gasteiger partial charge on any atom is 0.416 e. The Kier molecular flexibility index (Phi) is 7.34. The maximum absolute atomic E-state index is 14.8. The highest BCUT2D eigenvalue weighted by atomic mass is 32.2. The van der Waals surface area contributed by atoms with Crippen LogP contribution in [-0.4, -0.2) is 54.2 Å². The van der Waals surface area contributed by atoms with Gasteiger partial charge < -0.3 is 15.3 Å². The van der Waals surface area contributed by atoms with Crippen molar-refractivity contribution in [2.75, 3.05) is 6.26 Å². The molecule has 1 saturated carbocycles. The molecule has 0 spiro atoms. The highest BCUT2D eigenvalue weighted by molar-refractivity contribution is 7.90. The first-order chi connectivity index (χ1) is 17.7. The number of benzene rings is 2. The van der Waals surface area contributed by atoms with Gasteiger partial charge in [0, 0.05) is 23.4 Å². The Labute approximate surface area is 217 Å². The molecule has 2 N–H and O–H groups in total. The second kappa shape index (κ2) is 9.96. The van der Waals surface area contributed by atoms with Crippen LogP contribution in [0.4, 0.5) is 17.6 Å². The number of rotatable bonds is 7. The minimum atomic E-state index is -4.76. The van der Waals surface area contributed by atoms with Crippen LogP contribution in [0.3, 0.4) is 0 Å². The molecule has 206 valence electrons. The fourth-order valence-corrected chi connectivity index (χ4v) is 5.62. The Bertz CT molecular complexity index is 1360. The van der Waals surface area contributed by atoms with E-state index in [-0.39, 0.29) is 41.3 Å². The van der Waals surface area contributed by atoms with E-state index in [0.717, 1.165) is 12.3 Å². The van der Waals surface area contributed by atoms with Crippen molar-refractivity contribution in [2.24, 2.45) is 0 Å². The molecule has 1 aliphatic carbocycles. The SMILES string of the molecule is CC[C@@H]1CC[C@H](C(=O)NC(c2ccc(C(F)(F)F)cc2F)C2(O)CC2)N1C(=O)c1cccc(S(C)(=O)=O)c1. The van der Waals surface area contributed by atoms with Crippen molar-refractivity contribution in [3.05, 3.63) is 65.0 Å². The summed E-state index contributed by atoms with van der Waals surface area (Å²) in [5.74, 6) is -2.45. The van der Waals surface area contributed by atoms with Gasteiger partial charge in [0.1, 0.15) is 11.9 Å². The molecule has 1 unspecified atom stereocenters. The second-order valence-corrected chi connectivity index (χ2v) is 12.0. The van der Waals surface area contributed by atoms with Crippen molar-refractivity contribution in [1.82, 2.24) is 10.2 Å². The minimum Gasteiger partial charge on any atom is -0.387 e. The van der Waals surface area contributed by atoms with Gasteiger partial charge in [-0.2, -0.15) is 13.2 Å². The van der Waals surface area contributed by atoms with Crippen LogP contribution in [0.1, 0.15) is 66.6 Å². The van der Waals surface area contributed by atoms with Crippen LogP contribution in [0.15, 0.2) is 47.4 Å². The van der Waals surface area contributed by atoms with Gasteiger partial charge in [0.05, 0.1) is 22.1 Å². The molecule has 0 aromatic heterocycles. The van der Waals surface area contributed by atoms with E-state index in [1.165, 1.54) is 29.2 Å². The summed E-state index contributed by atoms with van der Waals surface area (Å²) < 4.78 is 77.8. The largest absolute Gasteiger partial charge is 0.416 e. The van der Waals surface area contributed by atoms with Gasteiger partial charge in [0.15, 0.2) is 9.84 Å². The molecule has 0 bridgehead atoms. The zero-order valence-corrected chi connectivity index (χ0v) is 21.6. The summed E-state index contributed by atoms with van der Waals surface area (Å²) in [6, 6.07) is 4.76. The van der Waals surface area contributed by atoms with Crippen molar-refractivity contribution in [3.63, 3.8) is 0 Å². The zero-order chi connectivity index (χ0) is 28.0. The van der Waals surface area contributed by atoms with Crippen LogP contribution in [0, 0.1) is 5.82 Å². The molecule has 7 nitrogen and oxygen atoms in total. The van der Waals surface area contributed by atoms with Crippen LogP contribution in [-0.2, 0) is 20.8 Å². The van der Waals surface area contributed by atoms with E-state index in [4.69, 9.17) is 0 Å². The van der Waals surface area contributed by atoms with Gasteiger partial charge in [-0.3, -0.25) is 9.59 Å². The fourth-order valence-electron chi connectivity index (χ4n) is 4.95. The van der Waals surface area contributed by atoms with Crippen LogP contribution in [0.2, 0.25) is 0 Å². The van der Waals surface area contributed by atoms with Gasteiger partial charge in [-0.15, -0.1) is 0 Å². The van der Waals surface area contributed by atoms with Crippen molar-refractivity contribution < 1.29 is 40.7 Å². The molecule has 2 aromatic rings. The van der Waals surface area contributed by atoms with E-state index >= 15 is 0 Å². The van der Waals surface area contributed by atoms with E-state index in [1.54, 1.807) is 0 Å². The third-order valence-corrected chi connectivity index (χ3v) is 8.36. The van der Waals surface area contributed by atoms with Gasteiger partial charge in [0.2, 0.25) is 5.91 Å². The number of halogens is 4. The quantitative estimate of drug-likeness (QED) is 0.502. The Morgan fingerprint density at radius 3 is 2.39 bits per heavy atom. The molecule has 0 radical (unpaired) electrons.